The maximum absolute atomic E-state index is 12.2. The lowest BCUT2D eigenvalue weighted by atomic mass is 10.1. The SMILES string of the molecule is CC(C)N(CC#N)C(=O)c1ccc(I)c(Cl)c1. The molecule has 0 aliphatic carbocycles. The van der Waals surface area contributed by atoms with Gasteiger partial charge in [0.25, 0.3) is 5.91 Å². The zero-order valence-electron chi connectivity index (χ0n) is 9.58. The van der Waals surface area contributed by atoms with Gasteiger partial charge in [0.2, 0.25) is 0 Å². The molecular formula is C12H12ClIN2O. The number of carbonyl (C=O) groups excluding carboxylic acids is 1. The molecule has 0 fully saturated rings. The smallest absolute Gasteiger partial charge is 0.254 e. The molecule has 0 bridgehead atoms. The lowest BCUT2D eigenvalue weighted by molar-refractivity contribution is 0.0731. The van der Waals surface area contributed by atoms with Crippen molar-refractivity contribution in [2.75, 3.05) is 6.54 Å². The predicted molar refractivity (Wildman–Crippen MR) is 76.0 cm³/mol. The number of halogens is 2. The van der Waals surface area contributed by atoms with Crippen molar-refractivity contribution in [3.8, 4) is 6.07 Å². The van der Waals surface area contributed by atoms with E-state index in [4.69, 9.17) is 16.9 Å². The predicted octanol–water partition coefficient (Wildman–Crippen LogP) is 3.32. The minimum absolute atomic E-state index is 0.0137. The second-order valence-corrected chi connectivity index (χ2v) is 5.38. The highest BCUT2D eigenvalue weighted by molar-refractivity contribution is 14.1. The number of nitrogens with zero attached hydrogens (tertiary/aromatic N) is 2. The summed E-state index contributed by atoms with van der Waals surface area (Å²) in [6.07, 6.45) is 0. The van der Waals surface area contributed by atoms with Crippen molar-refractivity contribution >= 4 is 40.1 Å². The summed E-state index contributed by atoms with van der Waals surface area (Å²) in [5, 5.41) is 9.26. The number of hydrogen-bond donors (Lipinski definition) is 0. The van der Waals surface area contributed by atoms with E-state index in [-0.39, 0.29) is 18.5 Å². The van der Waals surface area contributed by atoms with Gasteiger partial charge in [-0.05, 0) is 54.6 Å². The van der Waals surface area contributed by atoms with Crippen LogP contribution < -0.4 is 0 Å². The van der Waals surface area contributed by atoms with Gasteiger partial charge in [0.05, 0.1) is 11.1 Å². The van der Waals surface area contributed by atoms with Crippen LogP contribution in [-0.4, -0.2) is 23.4 Å². The maximum atomic E-state index is 12.2. The van der Waals surface area contributed by atoms with Crippen LogP contribution >= 0.6 is 34.2 Å². The van der Waals surface area contributed by atoms with E-state index in [1.807, 2.05) is 19.9 Å². The molecule has 17 heavy (non-hydrogen) atoms. The number of hydrogen-bond acceptors (Lipinski definition) is 2. The fourth-order valence-electron chi connectivity index (χ4n) is 1.36. The van der Waals surface area contributed by atoms with E-state index in [9.17, 15) is 4.79 Å². The van der Waals surface area contributed by atoms with Crippen LogP contribution in [0.4, 0.5) is 0 Å². The molecule has 0 unspecified atom stereocenters. The highest BCUT2D eigenvalue weighted by atomic mass is 127. The standard InChI is InChI=1S/C12H12ClIN2O/c1-8(2)16(6-5-15)12(17)9-3-4-11(14)10(13)7-9/h3-4,7-8H,6H2,1-2H3. The first kappa shape index (κ1) is 14.3. The van der Waals surface area contributed by atoms with Crippen LogP contribution in [0.5, 0.6) is 0 Å². The molecule has 1 rings (SSSR count). The molecule has 0 atom stereocenters. The Morgan fingerprint density at radius 2 is 2.24 bits per heavy atom. The van der Waals surface area contributed by atoms with Gasteiger partial charge in [-0.1, -0.05) is 11.6 Å². The number of benzene rings is 1. The van der Waals surface area contributed by atoms with Crippen LogP contribution in [0, 0.1) is 14.9 Å². The third-order valence-electron chi connectivity index (χ3n) is 2.29. The molecule has 0 saturated carbocycles. The molecule has 5 heteroatoms. The van der Waals surface area contributed by atoms with Gasteiger partial charge in [-0.3, -0.25) is 4.79 Å². The molecule has 0 aliphatic rings. The first-order chi connectivity index (χ1) is 7.97. The number of carbonyl (C=O) groups is 1. The van der Waals surface area contributed by atoms with Gasteiger partial charge in [-0.2, -0.15) is 5.26 Å². The molecule has 0 heterocycles. The quantitative estimate of drug-likeness (QED) is 0.611. The van der Waals surface area contributed by atoms with Crippen molar-refractivity contribution in [2.45, 2.75) is 19.9 Å². The van der Waals surface area contributed by atoms with Crippen molar-refractivity contribution in [1.82, 2.24) is 4.90 Å². The van der Waals surface area contributed by atoms with Crippen LogP contribution in [0.1, 0.15) is 24.2 Å². The first-order valence-corrected chi connectivity index (χ1v) is 6.56. The van der Waals surface area contributed by atoms with Crippen LogP contribution in [0.3, 0.4) is 0 Å². The summed E-state index contributed by atoms with van der Waals surface area (Å²) in [6, 6.07) is 7.14. The Bertz CT molecular complexity index is 468. The first-order valence-electron chi connectivity index (χ1n) is 5.10. The van der Waals surface area contributed by atoms with E-state index in [0.717, 1.165) is 3.57 Å². The molecule has 0 aromatic heterocycles. The molecule has 0 N–H and O–H groups in total. The summed E-state index contributed by atoms with van der Waals surface area (Å²) in [5.74, 6) is -0.167. The lowest BCUT2D eigenvalue weighted by Gasteiger charge is -2.23. The Labute approximate surface area is 120 Å². The fourth-order valence-corrected chi connectivity index (χ4v) is 1.88. The molecule has 0 saturated heterocycles. The molecule has 0 spiro atoms. The monoisotopic (exact) mass is 362 g/mol. The van der Waals surface area contributed by atoms with Crippen molar-refractivity contribution in [3.63, 3.8) is 0 Å². The van der Waals surface area contributed by atoms with Crippen molar-refractivity contribution in [3.05, 3.63) is 32.4 Å². The van der Waals surface area contributed by atoms with Crippen molar-refractivity contribution in [2.24, 2.45) is 0 Å². The normalized spacial score (nSPS) is 10.1. The van der Waals surface area contributed by atoms with Crippen LogP contribution in [0.2, 0.25) is 5.02 Å². The number of rotatable bonds is 3. The minimum atomic E-state index is -0.167. The third-order valence-corrected chi connectivity index (χ3v) is 3.86. The van der Waals surface area contributed by atoms with E-state index in [0.29, 0.717) is 10.6 Å². The Balaban J connectivity index is 3.02. The molecule has 1 amide bonds. The Hall–Kier alpha value is -0.800. The maximum Gasteiger partial charge on any atom is 0.254 e. The van der Waals surface area contributed by atoms with Gasteiger partial charge in [0, 0.05) is 15.2 Å². The Kier molecular flexibility index (Phi) is 5.22. The van der Waals surface area contributed by atoms with Crippen LogP contribution in [0.25, 0.3) is 0 Å². The van der Waals surface area contributed by atoms with E-state index in [1.165, 1.54) is 4.90 Å². The van der Waals surface area contributed by atoms with Crippen molar-refractivity contribution < 1.29 is 4.79 Å². The van der Waals surface area contributed by atoms with Gasteiger partial charge in [0.15, 0.2) is 0 Å². The largest absolute Gasteiger partial charge is 0.323 e. The third kappa shape index (κ3) is 3.58. The second-order valence-electron chi connectivity index (χ2n) is 3.81. The van der Waals surface area contributed by atoms with Crippen molar-refractivity contribution in [1.29, 1.82) is 5.26 Å². The minimum Gasteiger partial charge on any atom is -0.323 e. The van der Waals surface area contributed by atoms with Gasteiger partial charge < -0.3 is 4.90 Å². The number of nitriles is 1. The zero-order valence-corrected chi connectivity index (χ0v) is 12.5. The molecular weight excluding hydrogens is 351 g/mol. The van der Waals surface area contributed by atoms with E-state index >= 15 is 0 Å². The summed E-state index contributed by atoms with van der Waals surface area (Å²) < 4.78 is 0.900. The molecule has 1 aromatic rings. The summed E-state index contributed by atoms with van der Waals surface area (Å²) >= 11 is 8.08. The molecule has 0 aliphatic heterocycles. The lowest BCUT2D eigenvalue weighted by Crippen LogP contribution is -2.37. The Morgan fingerprint density at radius 3 is 2.71 bits per heavy atom. The molecule has 3 nitrogen and oxygen atoms in total. The average molecular weight is 363 g/mol. The zero-order chi connectivity index (χ0) is 13.0. The summed E-state index contributed by atoms with van der Waals surface area (Å²) in [5.41, 5.74) is 0.513. The summed E-state index contributed by atoms with van der Waals surface area (Å²) in [7, 11) is 0. The van der Waals surface area contributed by atoms with Gasteiger partial charge >= 0.3 is 0 Å². The summed E-state index contributed by atoms with van der Waals surface area (Å²) in [6.45, 7) is 3.84. The molecule has 90 valence electrons. The highest BCUT2D eigenvalue weighted by Gasteiger charge is 2.18. The van der Waals surface area contributed by atoms with Gasteiger partial charge in [-0.15, -0.1) is 0 Å². The van der Waals surface area contributed by atoms with Crippen LogP contribution in [0.15, 0.2) is 18.2 Å². The second kappa shape index (κ2) is 6.22. The van der Waals surface area contributed by atoms with E-state index in [1.54, 1.807) is 18.2 Å². The van der Waals surface area contributed by atoms with Gasteiger partial charge in [0.1, 0.15) is 6.54 Å². The van der Waals surface area contributed by atoms with E-state index < -0.39 is 0 Å². The highest BCUT2D eigenvalue weighted by Crippen LogP contribution is 2.20. The average Bonchev–Trinajstić information content (AvgIpc) is 2.28. The molecule has 1 aromatic carbocycles. The molecule has 0 radical (unpaired) electrons. The van der Waals surface area contributed by atoms with E-state index in [2.05, 4.69) is 22.6 Å². The van der Waals surface area contributed by atoms with Gasteiger partial charge in [-0.25, -0.2) is 0 Å². The fraction of sp³-hybridized carbons (Fsp3) is 0.333. The Morgan fingerprint density at radius 1 is 1.59 bits per heavy atom. The number of amides is 1. The van der Waals surface area contributed by atoms with Crippen LogP contribution in [-0.2, 0) is 0 Å². The topological polar surface area (TPSA) is 44.1 Å². The summed E-state index contributed by atoms with van der Waals surface area (Å²) in [4.78, 5) is 13.7.